The number of aromatic nitrogens is 2. The summed E-state index contributed by atoms with van der Waals surface area (Å²) in [4.78, 5) is 26.4. The number of thioether (sulfide) groups is 1. The Hall–Kier alpha value is -1.93. The fourth-order valence-corrected chi connectivity index (χ4v) is 4.38. The highest BCUT2D eigenvalue weighted by Crippen LogP contribution is 2.27. The zero-order valence-electron chi connectivity index (χ0n) is 13.4. The van der Waals surface area contributed by atoms with Gasteiger partial charge in [0.15, 0.2) is 4.34 Å². The fourth-order valence-electron chi connectivity index (χ4n) is 2.67. The van der Waals surface area contributed by atoms with Gasteiger partial charge < -0.3 is 9.64 Å². The first-order valence-corrected chi connectivity index (χ1v) is 9.25. The van der Waals surface area contributed by atoms with Gasteiger partial charge in [0.2, 0.25) is 5.91 Å². The SMILES string of the molecule is COC(=O)[C@H]1Cc2ccccc2CN1C(=O)CSc1nnc(C)s1. The third-order valence-corrected chi connectivity index (χ3v) is 5.83. The lowest BCUT2D eigenvalue weighted by atomic mass is 9.94. The molecule has 126 valence electrons. The van der Waals surface area contributed by atoms with Crippen molar-refractivity contribution in [1.29, 1.82) is 0 Å². The minimum Gasteiger partial charge on any atom is -0.467 e. The van der Waals surface area contributed by atoms with Crippen molar-refractivity contribution in [3.8, 4) is 0 Å². The van der Waals surface area contributed by atoms with Crippen molar-refractivity contribution in [3.63, 3.8) is 0 Å². The predicted molar refractivity (Wildman–Crippen MR) is 91.9 cm³/mol. The van der Waals surface area contributed by atoms with Crippen LogP contribution in [0.25, 0.3) is 0 Å². The molecule has 0 spiro atoms. The van der Waals surface area contributed by atoms with Gasteiger partial charge >= 0.3 is 5.97 Å². The molecule has 1 amide bonds. The number of carbonyl (C=O) groups excluding carboxylic acids is 2. The molecule has 1 aliphatic heterocycles. The minimum atomic E-state index is -0.575. The van der Waals surface area contributed by atoms with Gasteiger partial charge in [-0.15, -0.1) is 10.2 Å². The molecule has 3 rings (SSSR count). The first kappa shape index (κ1) is 16.9. The maximum atomic E-state index is 12.7. The smallest absolute Gasteiger partial charge is 0.328 e. The molecule has 0 aliphatic carbocycles. The number of ether oxygens (including phenoxy) is 1. The number of esters is 1. The molecule has 0 saturated heterocycles. The third-order valence-electron chi connectivity index (χ3n) is 3.87. The Morgan fingerprint density at radius 2 is 2.08 bits per heavy atom. The highest BCUT2D eigenvalue weighted by Gasteiger charge is 2.35. The Balaban J connectivity index is 1.75. The molecule has 0 saturated carbocycles. The second-order valence-corrected chi connectivity index (χ2v) is 7.81. The normalized spacial score (nSPS) is 16.6. The van der Waals surface area contributed by atoms with Crippen LogP contribution in [0.3, 0.4) is 0 Å². The molecular formula is C16H17N3O3S2. The molecule has 1 atom stereocenters. The molecule has 8 heteroatoms. The fraction of sp³-hybridized carbons (Fsp3) is 0.375. The summed E-state index contributed by atoms with van der Waals surface area (Å²) in [6.07, 6.45) is 0.483. The van der Waals surface area contributed by atoms with E-state index in [0.29, 0.717) is 13.0 Å². The van der Waals surface area contributed by atoms with E-state index < -0.39 is 6.04 Å². The van der Waals surface area contributed by atoms with Gasteiger partial charge in [-0.25, -0.2) is 4.79 Å². The Labute approximate surface area is 148 Å². The molecule has 24 heavy (non-hydrogen) atoms. The van der Waals surface area contributed by atoms with Gasteiger partial charge in [0.25, 0.3) is 0 Å². The Morgan fingerprint density at radius 3 is 2.75 bits per heavy atom. The number of carbonyl (C=O) groups is 2. The number of fused-ring (bicyclic) bond motifs is 1. The van der Waals surface area contributed by atoms with E-state index in [0.717, 1.165) is 20.5 Å². The maximum absolute atomic E-state index is 12.7. The second kappa shape index (κ2) is 7.31. The van der Waals surface area contributed by atoms with Gasteiger partial charge in [-0.05, 0) is 18.1 Å². The Morgan fingerprint density at radius 1 is 1.33 bits per heavy atom. The van der Waals surface area contributed by atoms with E-state index in [1.54, 1.807) is 4.90 Å². The van der Waals surface area contributed by atoms with Gasteiger partial charge in [-0.3, -0.25) is 4.79 Å². The van der Waals surface area contributed by atoms with Gasteiger partial charge in [-0.2, -0.15) is 0 Å². The molecule has 0 bridgehead atoms. The number of aryl methyl sites for hydroxylation is 1. The van der Waals surface area contributed by atoms with Gasteiger partial charge in [0, 0.05) is 13.0 Å². The summed E-state index contributed by atoms with van der Waals surface area (Å²) in [7, 11) is 1.35. The largest absolute Gasteiger partial charge is 0.467 e. The van der Waals surface area contributed by atoms with Gasteiger partial charge in [0.05, 0.1) is 12.9 Å². The summed E-state index contributed by atoms with van der Waals surface area (Å²) in [5, 5.41) is 8.82. The summed E-state index contributed by atoms with van der Waals surface area (Å²) in [5.74, 6) is -0.253. The molecule has 6 nitrogen and oxygen atoms in total. The molecule has 1 aromatic carbocycles. The molecule has 2 aromatic rings. The lowest BCUT2D eigenvalue weighted by molar-refractivity contribution is -0.153. The van der Waals surface area contributed by atoms with E-state index in [-0.39, 0.29) is 17.6 Å². The molecule has 2 heterocycles. The second-order valence-electron chi connectivity index (χ2n) is 5.41. The van der Waals surface area contributed by atoms with Crippen LogP contribution in [0, 0.1) is 6.92 Å². The van der Waals surface area contributed by atoms with Crippen LogP contribution in [-0.2, 0) is 27.3 Å². The quantitative estimate of drug-likeness (QED) is 0.612. The Kier molecular flexibility index (Phi) is 5.15. The van der Waals surface area contributed by atoms with Crippen molar-refractivity contribution in [2.75, 3.05) is 12.9 Å². The molecule has 0 N–H and O–H groups in total. The average Bonchev–Trinajstić information content (AvgIpc) is 3.03. The Bertz CT molecular complexity index is 763. The third kappa shape index (κ3) is 3.59. The molecule has 0 unspecified atom stereocenters. The van der Waals surface area contributed by atoms with E-state index in [4.69, 9.17) is 4.74 Å². The average molecular weight is 363 g/mol. The van der Waals surface area contributed by atoms with Crippen molar-refractivity contribution in [2.24, 2.45) is 0 Å². The molecule has 1 aliphatic rings. The molecule has 0 radical (unpaired) electrons. The highest BCUT2D eigenvalue weighted by molar-refractivity contribution is 8.01. The minimum absolute atomic E-state index is 0.0993. The van der Waals surface area contributed by atoms with Crippen molar-refractivity contribution >= 4 is 35.0 Å². The maximum Gasteiger partial charge on any atom is 0.328 e. The van der Waals surface area contributed by atoms with Crippen molar-refractivity contribution in [3.05, 3.63) is 40.4 Å². The number of nitrogens with zero attached hydrogens (tertiary/aromatic N) is 3. The first-order valence-electron chi connectivity index (χ1n) is 7.45. The van der Waals surface area contributed by atoms with E-state index >= 15 is 0 Å². The molecule has 1 aromatic heterocycles. The zero-order chi connectivity index (χ0) is 17.1. The molecule has 0 fully saturated rings. The number of hydrogen-bond acceptors (Lipinski definition) is 7. The van der Waals surface area contributed by atoms with E-state index in [9.17, 15) is 9.59 Å². The predicted octanol–water partition coefficient (Wildman–Crippen LogP) is 2.07. The van der Waals surface area contributed by atoms with Crippen LogP contribution in [0.15, 0.2) is 28.6 Å². The van der Waals surface area contributed by atoms with E-state index in [1.165, 1.54) is 30.2 Å². The molecular weight excluding hydrogens is 346 g/mol. The summed E-state index contributed by atoms with van der Waals surface area (Å²) < 4.78 is 5.65. The van der Waals surface area contributed by atoms with Gasteiger partial charge in [0.1, 0.15) is 11.0 Å². The number of amides is 1. The number of hydrogen-bond donors (Lipinski definition) is 0. The van der Waals surface area contributed by atoms with Crippen LogP contribution < -0.4 is 0 Å². The van der Waals surface area contributed by atoms with Crippen LogP contribution in [0.4, 0.5) is 0 Å². The lowest BCUT2D eigenvalue weighted by Crippen LogP contribution is -2.49. The van der Waals surface area contributed by atoms with Crippen LogP contribution in [0.5, 0.6) is 0 Å². The van der Waals surface area contributed by atoms with E-state index in [2.05, 4.69) is 10.2 Å². The standard InChI is InChI=1S/C16H17N3O3S2/c1-10-17-18-16(24-10)23-9-14(20)19-8-12-6-4-3-5-11(12)7-13(19)15(21)22-2/h3-6,13H,7-9H2,1-2H3/t13-/m1/s1. The number of rotatable bonds is 4. The van der Waals surface area contributed by atoms with E-state index in [1.807, 2.05) is 31.2 Å². The van der Waals surface area contributed by atoms with Crippen LogP contribution in [0.2, 0.25) is 0 Å². The lowest BCUT2D eigenvalue weighted by Gasteiger charge is -2.35. The van der Waals surface area contributed by atoms with Crippen molar-refractivity contribution in [1.82, 2.24) is 15.1 Å². The van der Waals surface area contributed by atoms with Gasteiger partial charge in [-0.1, -0.05) is 47.4 Å². The van der Waals surface area contributed by atoms with Crippen LogP contribution >= 0.6 is 23.1 Å². The number of benzene rings is 1. The van der Waals surface area contributed by atoms with Crippen LogP contribution in [-0.4, -0.2) is 45.9 Å². The summed E-state index contributed by atoms with van der Waals surface area (Å²) in [6.45, 7) is 2.29. The topological polar surface area (TPSA) is 72.4 Å². The number of methoxy groups -OCH3 is 1. The zero-order valence-corrected chi connectivity index (χ0v) is 15.0. The summed E-state index contributed by atoms with van der Waals surface area (Å²) in [6, 6.07) is 7.29. The summed E-state index contributed by atoms with van der Waals surface area (Å²) >= 11 is 2.80. The monoisotopic (exact) mass is 363 g/mol. The first-order chi connectivity index (χ1) is 11.6. The highest BCUT2D eigenvalue weighted by atomic mass is 32.2. The van der Waals surface area contributed by atoms with Crippen molar-refractivity contribution < 1.29 is 14.3 Å². The van der Waals surface area contributed by atoms with Crippen LogP contribution in [0.1, 0.15) is 16.1 Å². The summed E-state index contributed by atoms with van der Waals surface area (Å²) in [5.41, 5.74) is 2.16. The van der Waals surface area contributed by atoms with Crippen molar-refractivity contribution in [2.45, 2.75) is 30.3 Å².